The largest absolute Gasteiger partial charge is 0.309 e. The van der Waals surface area contributed by atoms with E-state index in [2.05, 4.69) is 31.0 Å². The number of nitrogens with zero attached hydrogens (tertiary/aromatic N) is 1. The second-order valence-corrected chi connectivity index (χ2v) is 8.18. The molecule has 2 atom stereocenters. The maximum absolute atomic E-state index is 11.5. The van der Waals surface area contributed by atoms with Gasteiger partial charge in [0.2, 0.25) is 0 Å². The van der Waals surface area contributed by atoms with Crippen LogP contribution in [0.25, 0.3) is 0 Å². The molecule has 0 amide bonds. The predicted molar refractivity (Wildman–Crippen MR) is 76.7 cm³/mol. The second kappa shape index (κ2) is 6.35. The van der Waals surface area contributed by atoms with Crippen LogP contribution in [0, 0.1) is 0 Å². The summed E-state index contributed by atoms with van der Waals surface area (Å²) in [7, 11) is -2.81. The Morgan fingerprint density at radius 1 is 1.39 bits per heavy atom. The fraction of sp³-hybridized carbons (Fsp3) is 1.00. The molecule has 1 heterocycles. The van der Waals surface area contributed by atoms with Crippen LogP contribution >= 0.6 is 0 Å². The highest BCUT2D eigenvalue weighted by atomic mass is 32.2. The zero-order valence-electron chi connectivity index (χ0n) is 12.2. The number of sulfone groups is 1. The molecule has 0 aromatic heterocycles. The van der Waals surface area contributed by atoms with Gasteiger partial charge in [-0.25, -0.2) is 8.42 Å². The van der Waals surface area contributed by atoms with Crippen molar-refractivity contribution in [3.63, 3.8) is 0 Å². The summed E-state index contributed by atoms with van der Waals surface area (Å²) in [5.74, 6) is 0.583. The zero-order valence-corrected chi connectivity index (χ0v) is 13.0. The van der Waals surface area contributed by atoms with E-state index in [9.17, 15) is 8.42 Å². The maximum atomic E-state index is 11.5. The van der Waals surface area contributed by atoms with E-state index in [1.54, 1.807) is 6.92 Å². The summed E-state index contributed by atoms with van der Waals surface area (Å²) in [5, 5.41) is 3.58. The number of hydrogen-bond acceptors (Lipinski definition) is 4. The zero-order chi connectivity index (χ0) is 13.8. The van der Waals surface area contributed by atoms with Crippen molar-refractivity contribution in [2.24, 2.45) is 0 Å². The van der Waals surface area contributed by atoms with Crippen LogP contribution in [-0.4, -0.2) is 56.0 Å². The minimum Gasteiger partial charge on any atom is -0.309 e. The Hall–Kier alpha value is -0.130. The van der Waals surface area contributed by atoms with Gasteiger partial charge in [-0.2, -0.15) is 0 Å². The van der Waals surface area contributed by atoms with Crippen molar-refractivity contribution in [3.8, 4) is 0 Å². The van der Waals surface area contributed by atoms with Crippen molar-refractivity contribution in [3.05, 3.63) is 0 Å². The lowest BCUT2D eigenvalue weighted by Gasteiger charge is -2.45. The van der Waals surface area contributed by atoms with Gasteiger partial charge in [0, 0.05) is 30.4 Å². The summed E-state index contributed by atoms with van der Waals surface area (Å²) in [5.41, 5.74) is 0.177. The first-order valence-electron chi connectivity index (χ1n) is 7.01. The number of rotatable bonds is 6. The predicted octanol–water partition coefficient (Wildman–Crippen LogP) is 1.27. The van der Waals surface area contributed by atoms with Crippen molar-refractivity contribution in [1.82, 2.24) is 10.2 Å². The van der Waals surface area contributed by atoms with Crippen LogP contribution in [0.3, 0.4) is 0 Å². The van der Waals surface area contributed by atoms with Gasteiger partial charge in [0.25, 0.3) is 0 Å². The van der Waals surface area contributed by atoms with Crippen LogP contribution < -0.4 is 5.32 Å². The third-order valence-electron chi connectivity index (χ3n) is 4.12. The van der Waals surface area contributed by atoms with Crippen LogP contribution in [0.2, 0.25) is 0 Å². The highest BCUT2D eigenvalue weighted by molar-refractivity contribution is 7.91. The molecular weight excluding hydrogens is 248 g/mol. The van der Waals surface area contributed by atoms with Gasteiger partial charge < -0.3 is 5.32 Å². The molecule has 18 heavy (non-hydrogen) atoms. The maximum Gasteiger partial charge on any atom is 0.150 e. The Balaban J connectivity index is 2.45. The summed E-state index contributed by atoms with van der Waals surface area (Å²) < 4.78 is 23.0. The van der Waals surface area contributed by atoms with E-state index in [0.717, 1.165) is 32.5 Å². The Labute approximate surface area is 112 Å². The van der Waals surface area contributed by atoms with Crippen molar-refractivity contribution in [2.75, 3.05) is 31.1 Å². The van der Waals surface area contributed by atoms with Crippen molar-refractivity contribution >= 4 is 9.84 Å². The Morgan fingerprint density at radius 3 is 2.61 bits per heavy atom. The van der Waals surface area contributed by atoms with Gasteiger partial charge in [-0.05, 0) is 33.2 Å². The van der Waals surface area contributed by atoms with Gasteiger partial charge in [-0.1, -0.05) is 13.8 Å². The van der Waals surface area contributed by atoms with E-state index in [1.807, 2.05) is 0 Å². The van der Waals surface area contributed by atoms with Gasteiger partial charge in [-0.3, -0.25) is 4.90 Å². The molecule has 1 N–H and O–H groups in total. The Kier molecular flexibility index (Phi) is 5.62. The third-order valence-corrected chi connectivity index (χ3v) is 5.91. The normalized spacial score (nSPS) is 30.6. The molecule has 108 valence electrons. The summed E-state index contributed by atoms with van der Waals surface area (Å²) in [6, 6.07) is 0.494. The average molecular weight is 276 g/mol. The minimum absolute atomic E-state index is 0.177. The molecule has 4 nitrogen and oxygen atoms in total. The monoisotopic (exact) mass is 276 g/mol. The van der Waals surface area contributed by atoms with Crippen LogP contribution in [0.1, 0.15) is 40.5 Å². The second-order valence-electron chi connectivity index (χ2n) is 5.70. The van der Waals surface area contributed by atoms with E-state index in [1.165, 1.54) is 0 Å². The molecule has 0 aliphatic carbocycles. The fourth-order valence-electron chi connectivity index (χ4n) is 2.35. The van der Waals surface area contributed by atoms with Gasteiger partial charge in [0.1, 0.15) is 9.84 Å². The van der Waals surface area contributed by atoms with E-state index < -0.39 is 9.84 Å². The molecule has 0 spiro atoms. The molecule has 5 heteroatoms. The van der Waals surface area contributed by atoms with E-state index >= 15 is 0 Å². The lowest BCUT2D eigenvalue weighted by Crippen LogP contribution is -2.62. The summed E-state index contributed by atoms with van der Waals surface area (Å²) in [6.45, 7) is 11.3. The lowest BCUT2D eigenvalue weighted by atomic mass is 9.94. The van der Waals surface area contributed by atoms with Gasteiger partial charge in [0.05, 0.1) is 5.75 Å². The average Bonchev–Trinajstić information content (AvgIpc) is 2.34. The van der Waals surface area contributed by atoms with E-state index in [-0.39, 0.29) is 11.3 Å². The van der Waals surface area contributed by atoms with Gasteiger partial charge >= 0.3 is 0 Å². The van der Waals surface area contributed by atoms with Crippen LogP contribution in [0.4, 0.5) is 0 Å². The molecule has 1 aliphatic heterocycles. The van der Waals surface area contributed by atoms with Crippen molar-refractivity contribution < 1.29 is 8.42 Å². The first-order chi connectivity index (χ1) is 8.32. The molecule has 1 aliphatic rings. The molecule has 0 aromatic carbocycles. The highest BCUT2D eigenvalue weighted by Crippen LogP contribution is 2.18. The number of piperazine rings is 1. The summed E-state index contributed by atoms with van der Waals surface area (Å²) in [6.07, 6.45) is 1.85. The SMILES string of the molecule is CCC1(C)CN(CCCS(=O)(=O)CC)C(C)CN1. The molecule has 0 radical (unpaired) electrons. The molecule has 2 unspecified atom stereocenters. The summed E-state index contributed by atoms with van der Waals surface area (Å²) in [4.78, 5) is 2.42. The minimum atomic E-state index is -2.81. The molecule has 1 fully saturated rings. The van der Waals surface area contributed by atoms with Crippen LogP contribution in [0.15, 0.2) is 0 Å². The van der Waals surface area contributed by atoms with E-state index in [0.29, 0.717) is 11.8 Å². The van der Waals surface area contributed by atoms with Crippen LogP contribution in [-0.2, 0) is 9.84 Å². The smallest absolute Gasteiger partial charge is 0.150 e. The Morgan fingerprint density at radius 2 is 2.06 bits per heavy atom. The topological polar surface area (TPSA) is 49.4 Å². The number of hydrogen-bond donors (Lipinski definition) is 1. The Bertz CT molecular complexity index is 356. The molecule has 0 bridgehead atoms. The lowest BCUT2D eigenvalue weighted by molar-refractivity contribution is 0.0936. The van der Waals surface area contributed by atoms with Crippen molar-refractivity contribution in [1.29, 1.82) is 0 Å². The number of nitrogens with one attached hydrogen (secondary N) is 1. The molecule has 1 saturated heterocycles. The quantitative estimate of drug-likeness (QED) is 0.794. The third kappa shape index (κ3) is 4.52. The molecular formula is C13H28N2O2S. The highest BCUT2D eigenvalue weighted by Gasteiger charge is 2.32. The standard InChI is InChI=1S/C13H28N2O2S/c1-5-13(4)11-15(12(3)10-14-13)8-7-9-18(16,17)6-2/h12,14H,5-11H2,1-4H3. The fourth-order valence-corrected chi connectivity index (χ4v) is 3.21. The first-order valence-corrected chi connectivity index (χ1v) is 8.83. The van der Waals surface area contributed by atoms with E-state index in [4.69, 9.17) is 0 Å². The first kappa shape index (κ1) is 15.9. The molecule has 1 rings (SSSR count). The van der Waals surface area contributed by atoms with Gasteiger partial charge in [0.15, 0.2) is 0 Å². The van der Waals surface area contributed by atoms with Gasteiger partial charge in [-0.15, -0.1) is 0 Å². The molecule has 0 aromatic rings. The summed E-state index contributed by atoms with van der Waals surface area (Å²) >= 11 is 0. The van der Waals surface area contributed by atoms with Crippen LogP contribution in [0.5, 0.6) is 0 Å². The molecule has 0 saturated carbocycles. The van der Waals surface area contributed by atoms with Crippen molar-refractivity contribution in [2.45, 2.75) is 52.1 Å².